The topological polar surface area (TPSA) is 80.0 Å². The second-order valence-corrected chi connectivity index (χ2v) is 5.89. The number of anilines is 1. The molecule has 0 spiro atoms. The average molecular weight is 309 g/mol. The zero-order valence-electron chi connectivity index (χ0n) is 13.0. The number of hydrogen-bond donors (Lipinski definition) is 2. The fourth-order valence-electron chi connectivity index (χ4n) is 3.03. The van der Waals surface area contributed by atoms with E-state index in [9.17, 15) is 0 Å². The normalized spacial score (nSPS) is 21.4. The third-order valence-corrected chi connectivity index (χ3v) is 4.33. The average Bonchev–Trinajstić information content (AvgIpc) is 3.01. The van der Waals surface area contributed by atoms with Crippen LogP contribution >= 0.6 is 0 Å². The standard InChI is InChI=1S/C16H19N7/c1-11-13(3-2-4-19-11)21-16-10-18-8-14(22-16)12-7-20-23-6-5-17-9-15(12)23/h5-11,13,19H,2-4H2,1H3,(H,21,22). The molecule has 1 fully saturated rings. The zero-order valence-corrected chi connectivity index (χ0v) is 13.0. The predicted octanol–water partition coefficient (Wildman–Crippen LogP) is 1.74. The minimum atomic E-state index is 0.374. The van der Waals surface area contributed by atoms with Gasteiger partial charge in [0.1, 0.15) is 5.82 Å². The van der Waals surface area contributed by atoms with Crippen LogP contribution in [-0.4, -0.2) is 43.2 Å². The molecule has 0 saturated carbocycles. The highest BCUT2D eigenvalue weighted by Crippen LogP contribution is 2.23. The van der Waals surface area contributed by atoms with Crippen molar-refractivity contribution in [3.8, 4) is 11.3 Å². The summed E-state index contributed by atoms with van der Waals surface area (Å²) >= 11 is 0. The summed E-state index contributed by atoms with van der Waals surface area (Å²) in [6.07, 6.45) is 13.0. The molecule has 0 aromatic carbocycles. The van der Waals surface area contributed by atoms with Crippen molar-refractivity contribution in [2.24, 2.45) is 0 Å². The molecule has 0 bridgehead atoms. The van der Waals surface area contributed by atoms with Crippen molar-refractivity contribution >= 4 is 11.3 Å². The Hall–Kier alpha value is -2.54. The van der Waals surface area contributed by atoms with Crippen LogP contribution in [0.15, 0.2) is 37.2 Å². The van der Waals surface area contributed by atoms with Crippen LogP contribution in [0.2, 0.25) is 0 Å². The lowest BCUT2D eigenvalue weighted by atomic mass is 10.00. The van der Waals surface area contributed by atoms with E-state index in [0.717, 1.165) is 35.6 Å². The van der Waals surface area contributed by atoms with Crippen molar-refractivity contribution in [2.45, 2.75) is 31.8 Å². The van der Waals surface area contributed by atoms with Crippen LogP contribution < -0.4 is 10.6 Å². The van der Waals surface area contributed by atoms with Gasteiger partial charge >= 0.3 is 0 Å². The first-order valence-corrected chi connectivity index (χ1v) is 7.91. The molecule has 0 amide bonds. The van der Waals surface area contributed by atoms with Crippen LogP contribution in [-0.2, 0) is 0 Å². The van der Waals surface area contributed by atoms with Gasteiger partial charge in [-0.05, 0) is 26.3 Å². The molecule has 4 rings (SSSR count). The molecule has 2 N–H and O–H groups in total. The van der Waals surface area contributed by atoms with E-state index in [1.165, 1.54) is 6.42 Å². The summed E-state index contributed by atoms with van der Waals surface area (Å²) in [5.41, 5.74) is 2.66. The summed E-state index contributed by atoms with van der Waals surface area (Å²) in [6.45, 7) is 3.28. The van der Waals surface area contributed by atoms with E-state index in [0.29, 0.717) is 12.1 Å². The highest BCUT2D eigenvalue weighted by molar-refractivity contribution is 5.76. The van der Waals surface area contributed by atoms with Crippen LogP contribution in [0, 0.1) is 0 Å². The molecule has 7 nitrogen and oxygen atoms in total. The number of nitrogens with one attached hydrogen (secondary N) is 2. The predicted molar refractivity (Wildman–Crippen MR) is 88.1 cm³/mol. The Balaban J connectivity index is 1.63. The maximum atomic E-state index is 4.71. The largest absolute Gasteiger partial charge is 0.364 e. The monoisotopic (exact) mass is 309 g/mol. The third-order valence-electron chi connectivity index (χ3n) is 4.33. The SMILES string of the molecule is CC1NCCCC1Nc1cncc(-c2cnn3ccncc23)n1. The molecule has 2 atom stereocenters. The van der Waals surface area contributed by atoms with Gasteiger partial charge in [-0.15, -0.1) is 0 Å². The Kier molecular flexibility index (Phi) is 3.63. The molecule has 4 heterocycles. The van der Waals surface area contributed by atoms with E-state index in [1.807, 2.05) is 6.20 Å². The van der Waals surface area contributed by atoms with Gasteiger partial charge in [-0.2, -0.15) is 5.10 Å². The molecule has 0 radical (unpaired) electrons. The molecule has 118 valence electrons. The maximum Gasteiger partial charge on any atom is 0.145 e. The molecular weight excluding hydrogens is 290 g/mol. The van der Waals surface area contributed by atoms with Crippen molar-refractivity contribution in [2.75, 3.05) is 11.9 Å². The van der Waals surface area contributed by atoms with Gasteiger partial charge in [0, 0.05) is 30.0 Å². The van der Waals surface area contributed by atoms with Crippen molar-refractivity contribution < 1.29 is 0 Å². The molecule has 1 aliphatic rings. The molecule has 7 heteroatoms. The minimum absolute atomic E-state index is 0.374. The van der Waals surface area contributed by atoms with Crippen LogP contribution in [0.4, 0.5) is 5.82 Å². The Labute approximate surface area is 134 Å². The van der Waals surface area contributed by atoms with E-state index < -0.39 is 0 Å². The van der Waals surface area contributed by atoms with Crippen molar-refractivity contribution in [1.82, 2.24) is 29.9 Å². The van der Waals surface area contributed by atoms with Gasteiger partial charge in [-0.3, -0.25) is 9.97 Å². The molecule has 2 unspecified atom stereocenters. The lowest BCUT2D eigenvalue weighted by Crippen LogP contribution is -2.46. The van der Waals surface area contributed by atoms with Gasteiger partial charge in [0.05, 0.1) is 36.0 Å². The second kappa shape index (κ2) is 5.92. The molecule has 0 aliphatic carbocycles. The van der Waals surface area contributed by atoms with E-state index in [-0.39, 0.29) is 0 Å². The van der Waals surface area contributed by atoms with Crippen LogP contribution in [0.3, 0.4) is 0 Å². The third kappa shape index (κ3) is 2.75. The van der Waals surface area contributed by atoms with E-state index in [2.05, 4.69) is 32.6 Å². The molecular formula is C16H19N7. The zero-order chi connectivity index (χ0) is 15.6. The van der Waals surface area contributed by atoms with E-state index >= 15 is 0 Å². The summed E-state index contributed by atoms with van der Waals surface area (Å²) in [5, 5.41) is 11.3. The second-order valence-electron chi connectivity index (χ2n) is 5.89. The smallest absolute Gasteiger partial charge is 0.145 e. The van der Waals surface area contributed by atoms with Gasteiger partial charge in [0.2, 0.25) is 0 Å². The molecule has 1 saturated heterocycles. The van der Waals surface area contributed by atoms with Gasteiger partial charge in [-0.1, -0.05) is 0 Å². The molecule has 3 aromatic rings. The summed E-state index contributed by atoms with van der Waals surface area (Å²) in [7, 11) is 0. The summed E-state index contributed by atoms with van der Waals surface area (Å²) < 4.78 is 1.79. The van der Waals surface area contributed by atoms with E-state index in [4.69, 9.17) is 4.98 Å². The Morgan fingerprint density at radius 1 is 1.22 bits per heavy atom. The highest BCUT2D eigenvalue weighted by Gasteiger charge is 2.21. The Bertz CT molecular complexity index is 813. The van der Waals surface area contributed by atoms with Gasteiger partial charge < -0.3 is 10.6 Å². The molecule has 1 aliphatic heterocycles. The number of aromatic nitrogens is 5. The quantitative estimate of drug-likeness (QED) is 0.767. The maximum absolute atomic E-state index is 4.71. The highest BCUT2D eigenvalue weighted by atomic mass is 15.2. The minimum Gasteiger partial charge on any atom is -0.364 e. The van der Waals surface area contributed by atoms with Crippen molar-refractivity contribution in [3.63, 3.8) is 0 Å². The van der Waals surface area contributed by atoms with Crippen molar-refractivity contribution in [1.29, 1.82) is 0 Å². The fourth-order valence-corrected chi connectivity index (χ4v) is 3.03. The number of piperidine rings is 1. The number of nitrogens with zero attached hydrogens (tertiary/aromatic N) is 5. The van der Waals surface area contributed by atoms with Gasteiger partial charge in [0.25, 0.3) is 0 Å². The molecule has 23 heavy (non-hydrogen) atoms. The van der Waals surface area contributed by atoms with Crippen LogP contribution in [0.25, 0.3) is 16.8 Å². The van der Waals surface area contributed by atoms with E-state index in [1.54, 1.807) is 35.5 Å². The number of hydrogen-bond acceptors (Lipinski definition) is 6. The van der Waals surface area contributed by atoms with Crippen LogP contribution in [0.1, 0.15) is 19.8 Å². The summed E-state index contributed by atoms with van der Waals surface area (Å²) in [4.78, 5) is 13.2. The first-order valence-electron chi connectivity index (χ1n) is 7.91. The number of rotatable bonds is 3. The lowest BCUT2D eigenvalue weighted by molar-refractivity contribution is 0.388. The van der Waals surface area contributed by atoms with Gasteiger partial charge in [0.15, 0.2) is 0 Å². The Morgan fingerprint density at radius 3 is 3.09 bits per heavy atom. The molecule has 3 aromatic heterocycles. The summed E-state index contributed by atoms with van der Waals surface area (Å²) in [5.74, 6) is 0.797. The number of fused-ring (bicyclic) bond motifs is 1. The lowest BCUT2D eigenvalue weighted by Gasteiger charge is -2.30. The van der Waals surface area contributed by atoms with Crippen molar-refractivity contribution in [3.05, 3.63) is 37.2 Å². The Morgan fingerprint density at radius 2 is 2.17 bits per heavy atom. The van der Waals surface area contributed by atoms with Gasteiger partial charge in [-0.25, -0.2) is 9.50 Å². The summed E-state index contributed by atoms with van der Waals surface area (Å²) in [6, 6.07) is 0.800. The van der Waals surface area contributed by atoms with Crippen LogP contribution in [0.5, 0.6) is 0 Å². The fraction of sp³-hybridized carbons (Fsp3) is 0.375. The first kappa shape index (κ1) is 14.1. The first-order chi connectivity index (χ1) is 11.3.